The van der Waals surface area contributed by atoms with Crippen LogP contribution >= 0.6 is 11.6 Å². The highest BCUT2D eigenvalue weighted by Crippen LogP contribution is 2.37. The number of ether oxygens (including phenoxy) is 2. The van der Waals surface area contributed by atoms with E-state index in [4.69, 9.17) is 21.1 Å². The fourth-order valence-corrected chi connectivity index (χ4v) is 1.91. The molecule has 0 saturated carbocycles. The van der Waals surface area contributed by atoms with Crippen LogP contribution in [0.15, 0.2) is 36.4 Å². The Bertz CT molecular complexity index is 609. The van der Waals surface area contributed by atoms with E-state index >= 15 is 0 Å². The quantitative estimate of drug-likeness (QED) is 0.868. The summed E-state index contributed by atoms with van der Waals surface area (Å²) in [5.41, 5.74) is 1.08. The average Bonchev–Trinajstić information content (AvgIpc) is 2.34. The van der Waals surface area contributed by atoms with Crippen molar-refractivity contribution in [2.45, 2.75) is 26.9 Å². The van der Waals surface area contributed by atoms with Crippen molar-refractivity contribution in [2.24, 2.45) is 0 Å². The maximum Gasteiger partial charge on any atom is 0.169 e. The third-order valence-corrected chi connectivity index (χ3v) is 2.84. The van der Waals surface area contributed by atoms with Gasteiger partial charge in [-0.1, -0.05) is 17.7 Å². The van der Waals surface area contributed by atoms with Gasteiger partial charge in [-0.25, -0.2) is 0 Å². The van der Waals surface area contributed by atoms with Gasteiger partial charge in [0.25, 0.3) is 0 Å². The van der Waals surface area contributed by atoms with Gasteiger partial charge in [0.2, 0.25) is 0 Å². The van der Waals surface area contributed by atoms with E-state index in [9.17, 15) is 5.11 Å². The molecule has 0 aliphatic rings. The van der Waals surface area contributed by atoms with Crippen LogP contribution in [-0.2, 0) is 0 Å². The summed E-state index contributed by atoms with van der Waals surface area (Å²) in [6.07, 6.45) is 0.0398. The van der Waals surface area contributed by atoms with E-state index in [0.29, 0.717) is 22.3 Å². The SMILES string of the molecule is Cc1ccc(Oc2ccc(Cl)cc2O)c(OC(C)C)c1. The number of halogens is 1. The number of benzene rings is 2. The molecule has 0 amide bonds. The summed E-state index contributed by atoms with van der Waals surface area (Å²) >= 11 is 5.80. The second-order valence-corrected chi connectivity index (χ2v) is 5.27. The zero-order chi connectivity index (χ0) is 14.7. The molecule has 106 valence electrons. The molecule has 2 aromatic rings. The number of aromatic hydroxyl groups is 1. The van der Waals surface area contributed by atoms with Gasteiger partial charge in [0.05, 0.1) is 6.10 Å². The van der Waals surface area contributed by atoms with Gasteiger partial charge in [0.1, 0.15) is 0 Å². The first-order valence-corrected chi connectivity index (χ1v) is 6.77. The van der Waals surface area contributed by atoms with E-state index in [0.717, 1.165) is 5.56 Å². The van der Waals surface area contributed by atoms with Crippen molar-refractivity contribution in [2.75, 3.05) is 0 Å². The Morgan fingerprint density at radius 3 is 2.35 bits per heavy atom. The summed E-state index contributed by atoms with van der Waals surface area (Å²) in [6, 6.07) is 10.4. The lowest BCUT2D eigenvalue weighted by atomic mass is 10.2. The van der Waals surface area contributed by atoms with Crippen molar-refractivity contribution in [3.8, 4) is 23.0 Å². The zero-order valence-corrected chi connectivity index (χ0v) is 12.4. The molecule has 2 rings (SSSR count). The first kappa shape index (κ1) is 14.5. The molecule has 2 aromatic carbocycles. The van der Waals surface area contributed by atoms with Crippen LogP contribution in [0.1, 0.15) is 19.4 Å². The molecule has 0 saturated heterocycles. The Morgan fingerprint density at radius 1 is 1.00 bits per heavy atom. The zero-order valence-electron chi connectivity index (χ0n) is 11.7. The lowest BCUT2D eigenvalue weighted by Gasteiger charge is -2.16. The minimum atomic E-state index is -0.00595. The molecule has 0 bridgehead atoms. The smallest absolute Gasteiger partial charge is 0.169 e. The number of phenolic OH excluding ortho intramolecular Hbond substituents is 1. The van der Waals surface area contributed by atoms with E-state index in [1.807, 2.05) is 39.0 Å². The monoisotopic (exact) mass is 292 g/mol. The van der Waals surface area contributed by atoms with Crippen LogP contribution in [0.4, 0.5) is 0 Å². The number of phenols is 1. The maximum atomic E-state index is 9.83. The average molecular weight is 293 g/mol. The molecule has 0 fully saturated rings. The molecule has 0 unspecified atom stereocenters. The summed E-state index contributed by atoms with van der Waals surface area (Å²) in [7, 11) is 0. The molecular weight excluding hydrogens is 276 g/mol. The number of rotatable bonds is 4. The van der Waals surface area contributed by atoms with Gasteiger partial charge in [-0.15, -0.1) is 0 Å². The Labute approximate surface area is 123 Å². The molecular formula is C16H17ClO3. The van der Waals surface area contributed by atoms with Crippen molar-refractivity contribution < 1.29 is 14.6 Å². The highest BCUT2D eigenvalue weighted by molar-refractivity contribution is 6.30. The van der Waals surface area contributed by atoms with Gasteiger partial charge in [-0.3, -0.25) is 0 Å². The second kappa shape index (κ2) is 6.06. The van der Waals surface area contributed by atoms with Gasteiger partial charge in [-0.05, 0) is 50.6 Å². The molecule has 0 aliphatic carbocycles. The molecule has 0 heterocycles. The molecule has 0 aromatic heterocycles. The first-order chi connectivity index (χ1) is 9.45. The standard InChI is InChI=1S/C16H17ClO3/c1-10(2)19-16-8-11(3)4-6-15(16)20-14-7-5-12(17)9-13(14)18/h4-10,18H,1-3H3. The molecule has 0 aliphatic heterocycles. The van der Waals surface area contributed by atoms with Crippen molar-refractivity contribution >= 4 is 11.6 Å². The Kier molecular flexibility index (Phi) is 4.40. The van der Waals surface area contributed by atoms with Gasteiger partial charge >= 0.3 is 0 Å². The Balaban J connectivity index is 2.32. The summed E-state index contributed by atoms with van der Waals surface area (Å²) in [4.78, 5) is 0. The molecule has 1 N–H and O–H groups in total. The predicted molar refractivity (Wildman–Crippen MR) is 80.1 cm³/mol. The topological polar surface area (TPSA) is 38.7 Å². The molecule has 3 nitrogen and oxygen atoms in total. The summed E-state index contributed by atoms with van der Waals surface area (Å²) < 4.78 is 11.4. The lowest BCUT2D eigenvalue weighted by molar-refractivity contribution is 0.233. The van der Waals surface area contributed by atoms with E-state index in [-0.39, 0.29) is 11.9 Å². The maximum absolute atomic E-state index is 9.83. The largest absolute Gasteiger partial charge is 0.504 e. The normalized spacial score (nSPS) is 10.7. The predicted octanol–water partition coefficient (Wildman–Crippen LogP) is 4.93. The minimum Gasteiger partial charge on any atom is -0.504 e. The molecule has 20 heavy (non-hydrogen) atoms. The van der Waals surface area contributed by atoms with Crippen LogP contribution in [0, 0.1) is 6.92 Å². The van der Waals surface area contributed by atoms with Crippen molar-refractivity contribution in [3.63, 3.8) is 0 Å². The van der Waals surface area contributed by atoms with Gasteiger partial charge in [0, 0.05) is 11.1 Å². The third kappa shape index (κ3) is 3.58. The Morgan fingerprint density at radius 2 is 1.70 bits per heavy atom. The van der Waals surface area contributed by atoms with E-state index in [1.165, 1.54) is 6.07 Å². The first-order valence-electron chi connectivity index (χ1n) is 6.39. The Hall–Kier alpha value is -1.87. The highest BCUT2D eigenvalue weighted by Gasteiger charge is 2.11. The van der Waals surface area contributed by atoms with Crippen LogP contribution in [0.2, 0.25) is 5.02 Å². The number of aryl methyl sites for hydroxylation is 1. The minimum absolute atomic E-state index is 0.00595. The number of hydrogen-bond donors (Lipinski definition) is 1. The fourth-order valence-electron chi connectivity index (χ4n) is 1.74. The van der Waals surface area contributed by atoms with Crippen LogP contribution < -0.4 is 9.47 Å². The fraction of sp³-hybridized carbons (Fsp3) is 0.250. The second-order valence-electron chi connectivity index (χ2n) is 4.83. The van der Waals surface area contributed by atoms with E-state index in [1.54, 1.807) is 12.1 Å². The van der Waals surface area contributed by atoms with Crippen molar-refractivity contribution in [1.29, 1.82) is 0 Å². The number of hydrogen-bond acceptors (Lipinski definition) is 3. The molecule has 4 heteroatoms. The van der Waals surface area contributed by atoms with Crippen LogP contribution in [-0.4, -0.2) is 11.2 Å². The van der Waals surface area contributed by atoms with Gasteiger partial charge in [-0.2, -0.15) is 0 Å². The van der Waals surface area contributed by atoms with Crippen LogP contribution in [0.25, 0.3) is 0 Å². The summed E-state index contributed by atoms with van der Waals surface area (Å²) in [5.74, 6) is 1.54. The van der Waals surface area contributed by atoms with E-state index in [2.05, 4.69) is 0 Å². The lowest BCUT2D eigenvalue weighted by Crippen LogP contribution is -2.06. The molecule has 0 atom stereocenters. The van der Waals surface area contributed by atoms with E-state index < -0.39 is 0 Å². The summed E-state index contributed by atoms with van der Waals surface area (Å²) in [6.45, 7) is 5.88. The molecule has 0 spiro atoms. The van der Waals surface area contributed by atoms with Gasteiger partial charge < -0.3 is 14.6 Å². The third-order valence-electron chi connectivity index (χ3n) is 2.60. The van der Waals surface area contributed by atoms with Crippen LogP contribution in [0.5, 0.6) is 23.0 Å². The van der Waals surface area contributed by atoms with Crippen molar-refractivity contribution in [3.05, 3.63) is 47.0 Å². The van der Waals surface area contributed by atoms with Crippen LogP contribution in [0.3, 0.4) is 0 Å². The van der Waals surface area contributed by atoms with Gasteiger partial charge in [0.15, 0.2) is 23.0 Å². The van der Waals surface area contributed by atoms with Crippen molar-refractivity contribution in [1.82, 2.24) is 0 Å². The molecule has 0 radical (unpaired) electrons. The summed E-state index contributed by atoms with van der Waals surface area (Å²) in [5, 5.41) is 10.3. The highest BCUT2D eigenvalue weighted by atomic mass is 35.5.